The van der Waals surface area contributed by atoms with E-state index in [2.05, 4.69) is 65.4 Å². The molecule has 1 N–H and O–H groups in total. The number of H-pyrrole nitrogens is 1. The van der Waals surface area contributed by atoms with Crippen LogP contribution < -0.4 is 0 Å². The molecule has 1 aromatic heterocycles. The van der Waals surface area contributed by atoms with Crippen molar-refractivity contribution in [3.63, 3.8) is 0 Å². The Morgan fingerprint density at radius 1 is 1.00 bits per heavy atom. The van der Waals surface area contributed by atoms with Crippen LogP contribution >= 0.6 is 0 Å². The van der Waals surface area contributed by atoms with Crippen molar-refractivity contribution in [3.05, 3.63) is 65.5 Å². The predicted octanol–water partition coefficient (Wildman–Crippen LogP) is 3.72. The van der Waals surface area contributed by atoms with Gasteiger partial charge in [0.2, 0.25) is 0 Å². The maximum Gasteiger partial charge on any atom is 0.106 e. The van der Waals surface area contributed by atoms with Crippen molar-refractivity contribution >= 4 is 11.0 Å². The summed E-state index contributed by atoms with van der Waals surface area (Å²) in [4.78, 5) is 7.88. The van der Waals surface area contributed by atoms with E-state index < -0.39 is 0 Å². The summed E-state index contributed by atoms with van der Waals surface area (Å²) in [5.74, 6) is 1.06. The largest absolute Gasteiger partial charge is 0.342 e. The summed E-state index contributed by atoms with van der Waals surface area (Å²) in [6.07, 6.45) is 1.92. The predicted molar refractivity (Wildman–Crippen MR) is 74.7 cm³/mol. The zero-order chi connectivity index (χ0) is 12.4. The van der Waals surface area contributed by atoms with E-state index in [1.54, 1.807) is 0 Å². The van der Waals surface area contributed by atoms with Crippen LogP contribution in [0.4, 0.5) is 0 Å². The lowest BCUT2D eigenvalue weighted by Gasteiger charge is -2.01. The van der Waals surface area contributed by atoms with Crippen LogP contribution in [0.3, 0.4) is 0 Å². The van der Waals surface area contributed by atoms with Crippen molar-refractivity contribution in [2.45, 2.75) is 19.8 Å². The Hall–Kier alpha value is -2.09. The molecule has 0 radical (unpaired) electrons. The Kier molecular flexibility index (Phi) is 2.85. The third kappa shape index (κ3) is 2.14. The van der Waals surface area contributed by atoms with Crippen LogP contribution in [0.1, 0.15) is 23.9 Å². The molecule has 0 saturated heterocycles. The number of aromatic amines is 1. The average molecular weight is 236 g/mol. The quantitative estimate of drug-likeness (QED) is 0.737. The maximum atomic E-state index is 4.52. The third-order valence-corrected chi connectivity index (χ3v) is 3.18. The molecule has 0 saturated carbocycles. The van der Waals surface area contributed by atoms with Crippen LogP contribution in [0.15, 0.2) is 48.5 Å². The van der Waals surface area contributed by atoms with Crippen LogP contribution in [0, 0.1) is 0 Å². The van der Waals surface area contributed by atoms with Crippen LogP contribution in [-0.2, 0) is 12.8 Å². The Labute approximate surface area is 107 Å². The first kappa shape index (κ1) is 11.0. The van der Waals surface area contributed by atoms with Gasteiger partial charge in [0.15, 0.2) is 0 Å². The van der Waals surface area contributed by atoms with Gasteiger partial charge in [-0.25, -0.2) is 4.98 Å². The number of rotatable bonds is 3. The molecule has 0 spiro atoms. The number of hydrogen-bond acceptors (Lipinski definition) is 1. The van der Waals surface area contributed by atoms with E-state index in [0.717, 1.165) is 29.7 Å². The SMILES string of the molecule is CCc1nc2ccc(Cc3ccccc3)cc2[nH]1. The highest BCUT2D eigenvalue weighted by Gasteiger charge is 2.02. The van der Waals surface area contributed by atoms with Crippen molar-refractivity contribution < 1.29 is 0 Å². The van der Waals surface area contributed by atoms with Gasteiger partial charge in [-0.1, -0.05) is 43.3 Å². The zero-order valence-corrected chi connectivity index (χ0v) is 10.5. The van der Waals surface area contributed by atoms with E-state index in [1.807, 2.05) is 0 Å². The molecule has 1 heterocycles. The first-order valence-electron chi connectivity index (χ1n) is 6.36. The first-order chi connectivity index (χ1) is 8.85. The molecule has 90 valence electrons. The molecule has 18 heavy (non-hydrogen) atoms. The van der Waals surface area contributed by atoms with Gasteiger partial charge in [0.05, 0.1) is 11.0 Å². The van der Waals surface area contributed by atoms with Crippen LogP contribution in [0.25, 0.3) is 11.0 Å². The molecule has 0 fully saturated rings. The summed E-state index contributed by atoms with van der Waals surface area (Å²) >= 11 is 0. The Bertz CT molecular complexity index is 653. The smallest absolute Gasteiger partial charge is 0.106 e. The summed E-state index contributed by atoms with van der Waals surface area (Å²) < 4.78 is 0. The standard InChI is InChI=1S/C16H16N2/c1-2-16-17-14-9-8-13(11-15(14)18-16)10-12-6-4-3-5-7-12/h3-9,11H,2,10H2,1H3,(H,17,18). The van der Waals surface area contributed by atoms with E-state index in [0.29, 0.717) is 0 Å². The van der Waals surface area contributed by atoms with Crippen LogP contribution in [-0.4, -0.2) is 9.97 Å². The second-order valence-corrected chi connectivity index (χ2v) is 4.55. The van der Waals surface area contributed by atoms with E-state index >= 15 is 0 Å². The third-order valence-electron chi connectivity index (χ3n) is 3.18. The van der Waals surface area contributed by atoms with Gasteiger partial charge in [0.25, 0.3) is 0 Å². The van der Waals surface area contributed by atoms with Crippen molar-refractivity contribution in [2.24, 2.45) is 0 Å². The molecule has 2 heteroatoms. The van der Waals surface area contributed by atoms with E-state index in [1.165, 1.54) is 11.1 Å². The first-order valence-corrected chi connectivity index (χ1v) is 6.36. The second-order valence-electron chi connectivity index (χ2n) is 4.55. The summed E-state index contributed by atoms with van der Waals surface area (Å²) in [6.45, 7) is 2.11. The fourth-order valence-electron chi connectivity index (χ4n) is 2.22. The number of hydrogen-bond donors (Lipinski definition) is 1. The highest BCUT2D eigenvalue weighted by Crippen LogP contribution is 2.16. The number of imidazole rings is 1. The number of fused-ring (bicyclic) bond motifs is 1. The molecule has 0 atom stereocenters. The van der Waals surface area contributed by atoms with Crippen molar-refractivity contribution in [3.8, 4) is 0 Å². The minimum Gasteiger partial charge on any atom is -0.342 e. The number of nitrogens with zero attached hydrogens (tertiary/aromatic N) is 1. The number of aryl methyl sites for hydroxylation is 1. The Balaban J connectivity index is 1.93. The molecule has 3 aromatic rings. The molecule has 0 bridgehead atoms. The normalized spacial score (nSPS) is 10.9. The lowest BCUT2D eigenvalue weighted by atomic mass is 10.0. The molecular weight excluding hydrogens is 220 g/mol. The van der Waals surface area contributed by atoms with Gasteiger partial charge >= 0.3 is 0 Å². The molecule has 2 aromatic carbocycles. The molecule has 0 aliphatic rings. The average Bonchev–Trinajstić information content (AvgIpc) is 2.82. The van der Waals surface area contributed by atoms with Crippen molar-refractivity contribution in [1.29, 1.82) is 0 Å². The van der Waals surface area contributed by atoms with E-state index in [9.17, 15) is 0 Å². The molecular formula is C16H16N2. The Morgan fingerprint density at radius 2 is 1.83 bits per heavy atom. The lowest BCUT2D eigenvalue weighted by Crippen LogP contribution is -1.87. The van der Waals surface area contributed by atoms with Gasteiger partial charge in [-0.15, -0.1) is 0 Å². The fourth-order valence-corrected chi connectivity index (χ4v) is 2.22. The maximum absolute atomic E-state index is 4.52. The van der Waals surface area contributed by atoms with Crippen molar-refractivity contribution in [1.82, 2.24) is 9.97 Å². The summed E-state index contributed by atoms with van der Waals surface area (Å²) in [7, 11) is 0. The number of benzene rings is 2. The molecule has 3 rings (SSSR count). The second kappa shape index (κ2) is 4.65. The van der Waals surface area contributed by atoms with E-state index in [4.69, 9.17) is 0 Å². The van der Waals surface area contributed by atoms with Crippen LogP contribution in [0.2, 0.25) is 0 Å². The molecule has 0 amide bonds. The van der Waals surface area contributed by atoms with Gasteiger partial charge in [0.1, 0.15) is 5.82 Å². The fraction of sp³-hybridized carbons (Fsp3) is 0.188. The molecule has 0 aliphatic heterocycles. The minimum atomic E-state index is 0.947. The molecule has 2 nitrogen and oxygen atoms in total. The van der Waals surface area contributed by atoms with Crippen molar-refractivity contribution in [2.75, 3.05) is 0 Å². The summed E-state index contributed by atoms with van der Waals surface area (Å²) in [6, 6.07) is 17.0. The van der Waals surface area contributed by atoms with Gasteiger partial charge in [-0.05, 0) is 29.7 Å². The van der Waals surface area contributed by atoms with Gasteiger partial charge in [0, 0.05) is 6.42 Å². The minimum absolute atomic E-state index is 0.947. The number of nitrogens with one attached hydrogen (secondary N) is 1. The number of aromatic nitrogens is 2. The van der Waals surface area contributed by atoms with Gasteiger partial charge < -0.3 is 4.98 Å². The highest BCUT2D eigenvalue weighted by atomic mass is 14.9. The topological polar surface area (TPSA) is 28.7 Å². The highest BCUT2D eigenvalue weighted by molar-refractivity contribution is 5.76. The monoisotopic (exact) mass is 236 g/mol. The molecule has 0 unspecified atom stereocenters. The zero-order valence-electron chi connectivity index (χ0n) is 10.5. The van der Waals surface area contributed by atoms with Gasteiger partial charge in [-0.2, -0.15) is 0 Å². The summed E-state index contributed by atoms with van der Waals surface area (Å²) in [5, 5.41) is 0. The lowest BCUT2D eigenvalue weighted by molar-refractivity contribution is 1.00. The summed E-state index contributed by atoms with van der Waals surface area (Å²) in [5.41, 5.74) is 4.86. The Morgan fingerprint density at radius 3 is 2.61 bits per heavy atom. The van der Waals surface area contributed by atoms with Gasteiger partial charge in [-0.3, -0.25) is 0 Å². The van der Waals surface area contributed by atoms with Crippen LogP contribution in [0.5, 0.6) is 0 Å². The van der Waals surface area contributed by atoms with E-state index in [-0.39, 0.29) is 0 Å². The molecule has 0 aliphatic carbocycles.